The van der Waals surface area contributed by atoms with Gasteiger partial charge in [0.15, 0.2) is 11.2 Å². The first-order valence-electron chi connectivity index (χ1n) is 11.7. The van der Waals surface area contributed by atoms with Crippen molar-refractivity contribution in [3.63, 3.8) is 0 Å². The van der Waals surface area contributed by atoms with Gasteiger partial charge in [-0.25, -0.2) is 4.52 Å². The molecule has 0 fully saturated rings. The van der Waals surface area contributed by atoms with Gasteiger partial charge in [0, 0.05) is 42.0 Å². The summed E-state index contributed by atoms with van der Waals surface area (Å²) in [6.07, 6.45) is 4.41. The molecule has 0 bridgehead atoms. The maximum Gasteiger partial charge on any atom is 0.280 e. The lowest BCUT2D eigenvalue weighted by Gasteiger charge is -2.08. The van der Waals surface area contributed by atoms with E-state index in [1.807, 2.05) is 54.7 Å². The average molecular weight is 515 g/mol. The zero-order valence-corrected chi connectivity index (χ0v) is 21.0. The van der Waals surface area contributed by atoms with E-state index in [-0.39, 0.29) is 17.7 Å². The third-order valence-corrected chi connectivity index (χ3v) is 6.79. The number of aryl methyl sites for hydroxylation is 2. The number of H-pyrrole nitrogens is 1. The minimum Gasteiger partial charge on any atom is -0.497 e. The molecule has 10 heteroatoms. The van der Waals surface area contributed by atoms with Crippen LogP contribution < -0.4 is 10.3 Å². The summed E-state index contributed by atoms with van der Waals surface area (Å²) in [4.78, 5) is 16.7. The van der Waals surface area contributed by atoms with Crippen molar-refractivity contribution < 1.29 is 9.47 Å². The second kappa shape index (κ2) is 9.34. The van der Waals surface area contributed by atoms with Crippen LogP contribution in [0.15, 0.2) is 65.7 Å². The zero-order valence-electron chi connectivity index (χ0n) is 20.2. The Morgan fingerprint density at radius 1 is 1.05 bits per heavy atom. The van der Waals surface area contributed by atoms with Crippen molar-refractivity contribution in [2.75, 3.05) is 14.2 Å². The lowest BCUT2D eigenvalue weighted by Crippen LogP contribution is -2.22. The van der Waals surface area contributed by atoms with E-state index in [0.29, 0.717) is 34.8 Å². The van der Waals surface area contributed by atoms with Crippen LogP contribution in [0.2, 0.25) is 5.02 Å². The lowest BCUT2D eigenvalue weighted by atomic mass is 10.1. The molecule has 0 unspecified atom stereocenters. The second-order valence-electron chi connectivity index (χ2n) is 8.72. The summed E-state index contributed by atoms with van der Waals surface area (Å²) >= 11 is 6.09. The van der Waals surface area contributed by atoms with Crippen molar-refractivity contribution in [2.24, 2.45) is 0 Å². The molecule has 1 N–H and O–H groups in total. The van der Waals surface area contributed by atoms with Gasteiger partial charge in [0.05, 0.1) is 25.0 Å². The predicted octanol–water partition coefficient (Wildman–Crippen LogP) is 4.64. The highest BCUT2D eigenvalue weighted by atomic mass is 35.5. The lowest BCUT2D eigenvalue weighted by molar-refractivity contribution is 0.181. The number of ether oxygens (including phenoxy) is 2. The summed E-state index contributed by atoms with van der Waals surface area (Å²) in [6.45, 7) is 0.776. The first-order chi connectivity index (χ1) is 18.1. The third-order valence-electron chi connectivity index (χ3n) is 6.54. The molecule has 4 aromatic heterocycles. The molecule has 0 aliphatic heterocycles. The summed E-state index contributed by atoms with van der Waals surface area (Å²) < 4.78 is 14.1. The minimum atomic E-state index is -0.221. The Morgan fingerprint density at radius 2 is 1.89 bits per heavy atom. The quantitative estimate of drug-likeness (QED) is 0.333. The first kappa shape index (κ1) is 23.2. The van der Waals surface area contributed by atoms with Crippen molar-refractivity contribution in [1.82, 2.24) is 29.4 Å². The van der Waals surface area contributed by atoms with E-state index < -0.39 is 0 Å². The van der Waals surface area contributed by atoms with Crippen LogP contribution in [0.4, 0.5) is 0 Å². The highest BCUT2D eigenvalue weighted by Gasteiger charge is 2.20. The molecular weight excluding hydrogens is 492 g/mol. The van der Waals surface area contributed by atoms with Gasteiger partial charge < -0.3 is 19.0 Å². The van der Waals surface area contributed by atoms with Gasteiger partial charge in [-0.15, -0.1) is 10.2 Å². The molecule has 2 aromatic carbocycles. The molecule has 0 saturated carbocycles. The third kappa shape index (κ3) is 4.02. The van der Waals surface area contributed by atoms with Gasteiger partial charge in [-0.05, 0) is 53.9 Å². The number of hydrogen-bond acceptors (Lipinski definition) is 6. The van der Waals surface area contributed by atoms with Crippen LogP contribution in [0.3, 0.4) is 0 Å². The summed E-state index contributed by atoms with van der Waals surface area (Å²) in [7, 11) is 3.26. The van der Waals surface area contributed by atoms with Gasteiger partial charge in [0.2, 0.25) is 0 Å². The van der Waals surface area contributed by atoms with E-state index in [1.165, 1.54) is 0 Å². The van der Waals surface area contributed by atoms with Crippen LogP contribution in [0.5, 0.6) is 5.75 Å². The van der Waals surface area contributed by atoms with Crippen LogP contribution >= 0.6 is 11.6 Å². The molecule has 6 aromatic rings. The number of aromatic nitrogens is 6. The van der Waals surface area contributed by atoms with E-state index in [1.54, 1.807) is 29.5 Å². The number of halogens is 1. The van der Waals surface area contributed by atoms with Crippen LogP contribution in [0.1, 0.15) is 11.3 Å². The number of nitrogens with one attached hydrogen (secondary N) is 1. The Kier molecular flexibility index (Phi) is 5.86. The minimum absolute atomic E-state index is 0.221. The molecule has 0 atom stereocenters. The standard InChI is InChI=1S/C27H23ClN6O3/c1-36-15-22-24(16-3-5-18(28)6-4-16)26-31-30-25-23(34(26)32-22)10-12-33(27(25)35)11-9-17-14-29-21-8-7-19(37-2)13-20(17)21/h3-8,10,12-14,29H,9,11,15H2,1-2H3. The summed E-state index contributed by atoms with van der Waals surface area (Å²) in [5, 5.41) is 15.2. The Balaban J connectivity index is 1.39. The molecule has 0 saturated heterocycles. The molecule has 6 rings (SSSR count). The maximum atomic E-state index is 13.4. The number of nitrogens with zero attached hydrogens (tertiary/aromatic N) is 5. The fourth-order valence-corrected chi connectivity index (χ4v) is 4.81. The van der Waals surface area contributed by atoms with Gasteiger partial charge in [-0.2, -0.15) is 5.10 Å². The molecule has 9 nitrogen and oxygen atoms in total. The molecule has 37 heavy (non-hydrogen) atoms. The predicted molar refractivity (Wildman–Crippen MR) is 142 cm³/mol. The zero-order chi connectivity index (χ0) is 25.5. The van der Waals surface area contributed by atoms with Crippen LogP contribution in [0.25, 0.3) is 38.7 Å². The van der Waals surface area contributed by atoms with Crippen LogP contribution in [-0.2, 0) is 24.3 Å². The molecule has 186 valence electrons. The van der Waals surface area contributed by atoms with Crippen molar-refractivity contribution in [3.8, 4) is 16.9 Å². The van der Waals surface area contributed by atoms with Gasteiger partial charge in [-0.3, -0.25) is 4.79 Å². The Bertz CT molecular complexity index is 1820. The Morgan fingerprint density at radius 3 is 2.68 bits per heavy atom. The fourth-order valence-electron chi connectivity index (χ4n) is 4.69. The molecule has 0 aliphatic rings. The van der Waals surface area contributed by atoms with E-state index in [4.69, 9.17) is 26.2 Å². The molecule has 0 aliphatic carbocycles. The number of methoxy groups -OCH3 is 2. The first-order valence-corrected chi connectivity index (χ1v) is 12.1. The van der Waals surface area contributed by atoms with Crippen molar-refractivity contribution in [2.45, 2.75) is 19.6 Å². The normalized spacial score (nSPS) is 11.6. The van der Waals surface area contributed by atoms with Gasteiger partial charge in [-0.1, -0.05) is 23.7 Å². The van der Waals surface area contributed by atoms with E-state index >= 15 is 0 Å². The van der Waals surface area contributed by atoms with Gasteiger partial charge in [0.1, 0.15) is 11.3 Å². The van der Waals surface area contributed by atoms with Gasteiger partial charge >= 0.3 is 0 Å². The summed E-state index contributed by atoms with van der Waals surface area (Å²) in [5.74, 6) is 0.792. The van der Waals surface area contributed by atoms with E-state index in [0.717, 1.165) is 33.3 Å². The number of aromatic amines is 1. The molecule has 0 radical (unpaired) electrons. The Labute approximate surface area is 216 Å². The molecule has 0 amide bonds. The fraction of sp³-hybridized carbons (Fsp3) is 0.185. The molecule has 0 spiro atoms. The van der Waals surface area contributed by atoms with Crippen molar-refractivity contribution in [1.29, 1.82) is 0 Å². The number of fused-ring (bicyclic) bond motifs is 4. The second-order valence-corrected chi connectivity index (χ2v) is 9.16. The van der Waals surface area contributed by atoms with Crippen LogP contribution in [-0.4, -0.2) is 43.6 Å². The topological polar surface area (TPSA) is 99.3 Å². The van der Waals surface area contributed by atoms with Crippen molar-refractivity contribution >= 4 is 39.2 Å². The molecular formula is C27H23ClN6O3. The number of pyridine rings is 1. The highest BCUT2D eigenvalue weighted by molar-refractivity contribution is 6.30. The number of benzene rings is 2. The summed E-state index contributed by atoms with van der Waals surface area (Å²) in [5.41, 5.74) is 5.68. The van der Waals surface area contributed by atoms with E-state index in [9.17, 15) is 4.79 Å². The number of hydrogen-bond donors (Lipinski definition) is 1. The highest BCUT2D eigenvalue weighted by Crippen LogP contribution is 2.30. The SMILES string of the molecule is COCc1nn2c(nnc3c(=O)n(CCc4c[nH]c5ccc(OC)cc45)ccc32)c1-c1ccc(Cl)cc1. The maximum absolute atomic E-state index is 13.4. The summed E-state index contributed by atoms with van der Waals surface area (Å²) in [6, 6.07) is 15.2. The smallest absolute Gasteiger partial charge is 0.280 e. The van der Waals surface area contributed by atoms with Gasteiger partial charge in [0.25, 0.3) is 5.56 Å². The molecule has 4 heterocycles. The monoisotopic (exact) mass is 514 g/mol. The Hall–Kier alpha value is -4.21. The average Bonchev–Trinajstić information content (AvgIpc) is 3.49. The van der Waals surface area contributed by atoms with Crippen molar-refractivity contribution in [3.05, 3.63) is 87.6 Å². The van der Waals surface area contributed by atoms with Crippen LogP contribution in [0, 0.1) is 0 Å². The van der Waals surface area contributed by atoms with E-state index in [2.05, 4.69) is 15.2 Å². The largest absolute Gasteiger partial charge is 0.497 e. The number of rotatable bonds is 7.